The van der Waals surface area contributed by atoms with Crippen LogP contribution in [0.2, 0.25) is 5.02 Å². The summed E-state index contributed by atoms with van der Waals surface area (Å²) in [5, 5.41) is 0.673. The SMILES string of the molecule is CC(C(=O)c1ccc(Cl)cc1)N1CCN(C2CC2)CC1. The molecule has 1 heterocycles. The highest BCUT2D eigenvalue weighted by atomic mass is 35.5. The molecular formula is C16H21ClN2O. The monoisotopic (exact) mass is 292 g/mol. The van der Waals surface area contributed by atoms with Crippen LogP contribution in [0.3, 0.4) is 0 Å². The number of hydrogen-bond donors (Lipinski definition) is 0. The van der Waals surface area contributed by atoms with E-state index in [2.05, 4.69) is 9.80 Å². The third kappa shape index (κ3) is 3.05. The first kappa shape index (κ1) is 14.1. The normalized spacial score (nSPS) is 22.7. The molecule has 1 aliphatic heterocycles. The summed E-state index contributed by atoms with van der Waals surface area (Å²) in [6, 6.07) is 8.00. The van der Waals surface area contributed by atoms with Gasteiger partial charge in [0.2, 0.25) is 0 Å². The maximum atomic E-state index is 12.5. The van der Waals surface area contributed by atoms with E-state index in [0.29, 0.717) is 5.02 Å². The lowest BCUT2D eigenvalue weighted by atomic mass is 10.0. The van der Waals surface area contributed by atoms with Crippen LogP contribution in [0.25, 0.3) is 0 Å². The number of nitrogens with zero attached hydrogens (tertiary/aromatic N) is 2. The number of halogens is 1. The van der Waals surface area contributed by atoms with Crippen LogP contribution in [0.5, 0.6) is 0 Å². The van der Waals surface area contributed by atoms with E-state index in [0.717, 1.165) is 37.8 Å². The minimum absolute atomic E-state index is 0.0440. The first-order chi connectivity index (χ1) is 9.65. The first-order valence-electron chi connectivity index (χ1n) is 7.43. The van der Waals surface area contributed by atoms with Crippen LogP contribution in [-0.4, -0.2) is 53.8 Å². The molecule has 1 atom stereocenters. The molecule has 0 bridgehead atoms. The summed E-state index contributed by atoms with van der Waals surface area (Å²) in [6.07, 6.45) is 2.72. The fraction of sp³-hybridized carbons (Fsp3) is 0.562. The van der Waals surface area contributed by atoms with Gasteiger partial charge in [-0.15, -0.1) is 0 Å². The number of ketones is 1. The van der Waals surface area contributed by atoms with Crippen LogP contribution >= 0.6 is 11.6 Å². The number of Topliss-reactive ketones (excluding diaryl/α,β-unsaturated/α-hetero) is 1. The maximum absolute atomic E-state index is 12.5. The number of rotatable bonds is 4. The molecule has 3 nitrogen and oxygen atoms in total. The van der Waals surface area contributed by atoms with E-state index < -0.39 is 0 Å². The van der Waals surface area contributed by atoms with Gasteiger partial charge in [-0.25, -0.2) is 0 Å². The number of benzene rings is 1. The third-order valence-corrected chi connectivity index (χ3v) is 4.72. The van der Waals surface area contributed by atoms with Gasteiger partial charge in [0.05, 0.1) is 6.04 Å². The summed E-state index contributed by atoms with van der Waals surface area (Å²) in [6.45, 7) is 6.21. The molecule has 4 heteroatoms. The predicted octanol–water partition coefficient (Wildman–Crippen LogP) is 2.69. The van der Waals surface area contributed by atoms with Crippen molar-refractivity contribution in [3.05, 3.63) is 34.9 Å². The van der Waals surface area contributed by atoms with Crippen LogP contribution in [0.4, 0.5) is 0 Å². The molecule has 1 saturated carbocycles. The molecule has 108 valence electrons. The topological polar surface area (TPSA) is 23.6 Å². The molecule has 1 aromatic rings. The quantitative estimate of drug-likeness (QED) is 0.797. The highest BCUT2D eigenvalue weighted by Gasteiger charge is 2.33. The zero-order chi connectivity index (χ0) is 14.1. The summed E-state index contributed by atoms with van der Waals surface area (Å²) in [5.41, 5.74) is 0.756. The molecule has 0 radical (unpaired) electrons. The molecule has 1 aromatic carbocycles. The summed E-state index contributed by atoms with van der Waals surface area (Å²) < 4.78 is 0. The van der Waals surface area contributed by atoms with Crippen molar-refractivity contribution in [3.8, 4) is 0 Å². The molecule has 1 unspecified atom stereocenters. The van der Waals surface area contributed by atoms with Crippen LogP contribution in [0, 0.1) is 0 Å². The third-order valence-electron chi connectivity index (χ3n) is 4.47. The molecule has 1 saturated heterocycles. The standard InChI is InChI=1S/C16H21ClN2O/c1-12(16(20)13-2-4-14(17)5-3-13)18-8-10-19(11-9-18)15-6-7-15/h2-5,12,15H,6-11H2,1H3. The number of carbonyl (C=O) groups is 1. The van der Waals surface area contributed by atoms with Crippen molar-refractivity contribution in [1.29, 1.82) is 0 Å². The molecular weight excluding hydrogens is 272 g/mol. The van der Waals surface area contributed by atoms with Crippen LogP contribution < -0.4 is 0 Å². The smallest absolute Gasteiger partial charge is 0.179 e. The molecule has 1 aliphatic carbocycles. The zero-order valence-corrected chi connectivity index (χ0v) is 12.6. The Morgan fingerprint density at radius 3 is 2.30 bits per heavy atom. The Morgan fingerprint density at radius 2 is 1.75 bits per heavy atom. The number of hydrogen-bond acceptors (Lipinski definition) is 3. The largest absolute Gasteiger partial charge is 0.298 e. The van der Waals surface area contributed by atoms with Crippen molar-refractivity contribution in [2.75, 3.05) is 26.2 Å². The highest BCUT2D eigenvalue weighted by molar-refractivity contribution is 6.30. The van der Waals surface area contributed by atoms with E-state index >= 15 is 0 Å². The summed E-state index contributed by atoms with van der Waals surface area (Å²) >= 11 is 5.87. The van der Waals surface area contributed by atoms with Crippen molar-refractivity contribution < 1.29 is 4.79 Å². The highest BCUT2D eigenvalue weighted by Crippen LogP contribution is 2.27. The van der Waals surface area contributed by atoms with Crippen LogP contribution in [-0.2, 0) is 0 Å². The van der Waals surface area contributed by atoms with Crippen molar-refractivity contribution >= 4 is 17.4 Å². The Labute approximate surface area is 125 Å². The second-order valence-corrected chi connectivity index (χ2v) is 6.29. The summed E-state index contributed by atoms with van der Waals surface area (Å²) in [4.78, 5) is 17.4. The Bertz CT molecular complexity index is 476. The first-order valence-corrected chi connectivity index (χ1v) is 7.81. The average molecular weight is 293 g/mol. The zero-order valence-electron chi connectivity index (χ0n) is 11.9. The lowest BCUT2D eigenvalue weighted by Crippen LogP contribution is -2.52. The van der Waals surface area contributed by atoms with E-state index in [-0.39, 0.29) is 11.8 Å². The van der Waals surface area contributed by atoms with Gasteiger partial charge in [-0.05, 0) is 44.0 Å². The fourth-order valence-corrected chi connectivity index (χ4v) is 3.08. The second-order valence-electron chi connectivity index (χ2n) is 5.85. The van der Waals surface area contributed by atoms with Crippen molar-refractivity contribution in [2.45, 2.75) is 31.8 Å². The van der Waals surface area contributed by atoms with Crippen LogP contribution in [0.1, 0.15) is 30.1 Å². The Hall–Kier alpha value is -0.900. The molecule has 0 spiro atoms. The fourth-order valence-electron chi connectivity index (χ4n) is 2.95. The van der Waals surface area contributed by atoms with Gasteiger partial charge in [0, 0.05) is 42.8 Å². The van der Waals surface area contributed by atoms with Crippen molar-refractivity contribution in [1.82, 2.24) is 9.80 Å². The lowest BCUT2D eigenvalue weighted by Gasteiger charge is -2.37. The van der Waals surface area contributed by atoms with Gasteiger partial charge in [0.25, 0.3) is 0 Å². The van der Waals surface area contributed by atoms with Crippen molar-refractivity contribution in [2.24, 2.45) is 0 Å². The molecule has 0 amide bonds. The van der Waals surface area contributed by atoms with E-state index in [1.165, 1.54) is 12.8 Å². The van der Waals surface area contributed by atoms with Gasteiger partial charge < -0.3 is 0 Å². The minimum atomic E-state index is -0.0440. The minimum Gasteiger partial charge on any atom is -0.298 e. The van der Waals surface area contributed by atoms with Crippen LogP contribution in [0.15, 0.2) is 24.3 Å². The average Bonchev–Trinajstić information content (AvgIpc) is 3.31. The molecule has 2 fully saturated rings. The molecule has 2 aliphatic rings. The van der Waals surface area contributed by atoms with Gasteiger partial charge in [-0.2, -0.15) is 0 Å². The van der Waals surface area contributed by atoms with E-state index in [1.807, 2.05) is 19.1 Å². The lowest BCUT2D eigenvalue weighted by molar-refractivity contribution is 0.0687. The maximum Gasteiger partial charge on any atom is 0.179 e. The Balaban J connectivity index is 1.59. The van der Waals surface area contributed by atoms with E-state index in [4.69, 9.17) is 11.6 Å². The van der Waals surface area contributed by atoms with Gasteiger partial charge in [-0.3, -0.25) is 14.6 Å². The molecule has 3 rings (SSSR count). The Morgan fingerprint density at radius 1 is 1.15 bits per heavy atom. The van der Waals surface area contributed by atoms with Gasteiger partial charge in [0.15, 0.2) is 5.78 Å². The molecule has 0 aromatic heterocycles. The van der Waals surface area contributed by atoms with Crippen molar-refractivity contribution in [3.63, 3.8) is 0 Å². The summed E-state index contributed by atoms with van der Waals surface area (Å²) in [7, 11) is 0. The van der Waals surface area contributed by atoms with E-state index in [1.54, 1.807) is 12.1 Å². The number of piperazine rings is 1. The molecule has 0 N–H and O–H groups in total. The summed E-state index contributed by atoms with van der Waals surface area (Å²) in [5.74, 6) is 0.196. The predicted molar refractivity (Wildman–Crippen MR) is 81.4 cm³/mol. The van der Waals surface area contributed by atoms with E-state index in [9.17, 15) is 4.79 Å². The van der Waals surface area contributed by atoms with Gasteiger partial charge in [0.1, 0.15) is 0 Å². The second kappa shape index (κ2) is 5.84. The number of carbonyl (C=O) groups excluding carboxylic acids is 1. The Kier molecular flexibility index (Phi) is 4.11. The molecule has 20 heavy (non-hydrogen) atoms. The van der Waals surface area contributed by atoms with Gasteiger partial charge >= 0.3 is 0 Å². The van der Waals surface area contributed by atoms with Gasteiger partial charge in [-0.1, -0.05) is 11.6 Å².